The Kier molecular flexibility index (Phi) is 3.76. The van der Waals surface area contributed by atoms with Gasteiger partial charge in [-0.1, -0.05) is 0 Å². The van der Waals surface area contributed by atoms with E-state index in [-0.39, 0.29) is 6.04 Å². The minimum Gasteiger partial charge on any atom is -0.497 e. The summed E-state index contributed by atoms with van der Waals surface area (Å²) in [5, 5.41) is 0. The van der Waals surface area contributed by atoms with Crippen molar-refractivity contribution < 1.29 is 13.9 Å². The van der Waals surface area contributed by atoms with Gasteiger partial charge < -0.3 is 15.2 Å². The SMILES string of the molecule is COc1ccc(OC)c(C2(F)CCC(N)CC2)c1. The molecule has 18 heavy (non-hydrogen) atoms. The van der Waals surface area contributed by atoms with Crippen molar-refractivity contribution in [2.75, 3.05) is 14.2 Å². The molecule has 0 unspecified atom stereocenters. The number of benzene rings is 1. The molecule has 1 fully saturated rings. The fourth-order valence-electron chi connectivity index (χ4n) is 2.53. The highest BCUT2D eigenvalue weighted by atomic mass is 19.1. The summed E-state index contributed by atoms with van der Waals surface area (Å²) in [5.41, 5.74) is 5.07. The molecule has 4 heteroatoms. The van der Waals surface area contributed by atoms with Gasteiger partial charge in [-0.05, 0) is 43.9 Å². The number of nitrogens with two attached hydrogens (primary N) is 1. The van der Waals surface area contributed by atoms with Crippen LogP contribution in [0, 0.1) is 0 Å². The average molecular weight is 253 g/mol. The molecule has 0 spiro atoms. The van der Waals surface area contributed by atoms with Crippen LogP contribution in [0.2, 0.25) is 0 Å². The van der Waals surface area contributed by atoms with E-state index in [9.17, 15) is 0 Å². The van der Waals surface area contributed by atoms with Gasteiger partial charge in [0.2, 0.25) is 0 Å². The molecule has 1 aromatic carbocycles. The summed E-state index contributed by atoms with van der Waals surface area (Å²) >= 11 is 0. The molecule has 1 saturated carbocycles. The zero-order chi connectivity index (χ0) is 13.2. The van der Waals surface area contributed by atoms with E-state index in [1.165, 1.54) is 0 Å². The lowest BCUT2D eigenvalue weighted by molar-refractivity contribution is 0.0943. The molecule has 0 heterocycles. The highest BCUT2D eigenvalue weighted by molar-refractivity contribution is 5.44. The molecule has 0 amide bonds. The summed E-state index contributed by atoms with van der Waals surface area (Å²) in [4.78, 5) is 0. The Balaban J connectivity index is 2.35. The molecular formula is C14H20FNO2. The maximum Gasteiger partial charge on any atom is 0.139 e. The molecule has 0 aromatic heterocycles. The highest BCUT2D eigenvalue weighted by Crippen LogP contribution is 2.45. The average Bonchev–Trinajstić information content (AvgIpc) is 2.41. The Morgan fingerprint density at radius 2 is 1.89 bits per heavy atom. The van der Waals surface area contributed by atoms with Crippen molar-refractivity contribution in [3.05, 3.63) is 23.8 Å². The molecule has 0 saturated heterocycles. The van der Waals surface area contributed by atoms with E-state index in [1.54, 1.807) is 32.4 Å². The summed E-state index contributed by atoms with van der Waals surface area (Å²) in [7, 11) is 3.14. The first-order valence-corrected chi connectivity index (χ1v) is 6.26. The Labute approximate surface area is 107 Å². The molecule has 2 rings (SSSR count). The Hall–Kier alpha value is -1.29. The second-order valence-corrected chi connectivity index (χ2v) is 4.87. The first-order chi connectivity index (χ1) is 8.59. The number of hydrogen-bond acceptors (Lipinski definition) is 3. The summed E-state index contributed by atoms with van der Waals surface area (Å²) in [6.07, 6.45) is 2.29. The summed E-state index contributed by atoms with van der Waals surface area (Å²) in [6, 6.07) is 5.38. The van der Waals surface area contributed by atoms with Crippen molar-refractivity contribution in [3.8, 4) is 11.5 Å². The second-order valence-electron chi connectivity index (χ2n) is 4.87. The Morgan fingerprint density at radius 1 is 1.22 bits per heavy atom. The highest BCUT2D eigenvalue weighted by Gasteiger charge is 2.38. The number of hydrogen-bond donors (Lipinski definition) is 1. The van der Waals surface area contributed by atoms with Gasteiger partial charge in [0.15, 0.2) is 0 Å². The quantitative estimate of drug-likeness (QED) is 0.900. The van der Waals surface area contributed by atoms with Crippen molar-refractivity contribution in [1.82, 2.24) is 0 Å². The summed E-state index contributed by atoms with van der Waals surface area (Å²) in [5.74, 6) is 1.23. The molecule has 1 aromatic rings. The van der Waals surface area contributed by atoms with Crippen LogP contribution in [0.15, 0.2) is 18.2 Å². The van der Waals surface area contributed by atoms with Gasteiger partial charge in [-0.2, -0.15) is 0 Å². The second kappa shape index (κ2) is 5.14. The van der Waals surface area contributed by atoms with Crippen LogP contribution in [0.5, 0.6) is 11.5 Å². The van der Waals surface area contributed by atoms with Gasteiger partial charge in [0.05, 0.1) is 14.2 Å². The van der Waals surface area contributed by atoms with Crippen molar-refractivity contribution >= 4 is 0 Å². The molecule has 0 atom stereocenters. The van der Waals surface area contributed by atoms with Gasteiger partial charge in [0, 0.05) is 11.6 Å². The third kappa shape index (κ3) is 2.43. The van der Waals surface area contributed by atoms with Crippen LogP contribution in [0.1, 0.15) is 31.2 Å². The molecule has 2 N–H and O–H groups in total. The predicted octanol–water partition coefficient (Wildman–Crippen LogP) is 2.77. The van der Waals surface area contributed by atoms with Crippen LogP contribution in [0.4, 0.5) is 4.39 Å². The van der Waals surface area contributed by atoms with E-state index in [0.29, 0.717) is 42.7 Å². The maximum absolute atomic E-state index is 15.1. The molecule has 0 radical (unpaired) electrons. The largest absolute Gasteiger partial charge is 0.497 e. The predicted molar refractivity (Wildman–Crippen MR) is 68.8 cm³/mol. The maximum atomic E-state index is 15.1. The molecule has 3 nitrogen and oxygen atoms in total. The third-order valence-corrected chi connectivity index (χ3v) is 3.71. The fourth-order valence-corrected chi connectivity index (χ4v) is 2.53. The summed E-state index contributed by atoms with van der Waals surface area (Å²) < 4.78 is 25.5. The van der Waals surface area contributed by atoms with E-state index >= 15 is 4.39 Å². The van der Waals surface area contributed by atoms with E-state index in [2.05, 4.69) is 0 Å². The first-order valence-electron chi connectivity index (χ1n) is 6.26. The lowest BCUT2D eigenvalue weighted by atomic mass is 9.79. The number of halogens is 1. The first kappa shape index (κ1) is 13.1. The van der Waals surface area contributed by atoms with Crippen LogP contribution in [-0.4, -0.2) is 20.3 Å². The molecule has 1 aliphatic rings. The van der Waals surface area contributed by atoms with Gasteiger partial charge in [-0.15, -0.1) is 0 Å². The minimum atomic E-state index is -1.35. The lowest BCUT2D eigenvalue weighted by Crippen LogP contribution is -2.34. The monoisotopic (exact) mass is 253 g/mol. The van der Waals surface area contributed by atoms with Gasteiger partial charge in [0.1, 0.15) is 17.2 Å². The van der Waals surface area contributed by atoms with Crippen LogP contribution < -0.4 is 15.2 Å². The van der Waals surface area contributed by atoms with Crippen molar-refractivity contribution in [2.24, 2.45) is 5.73 Å². The van der Waals surface area contributed by atoms with Crippen LogP contribution >= 0.6 is 0 Å². The molecular weight excluding hydrogens is 233 g/mol. The number of rotatable bonds is 3. The third-order valence-electron chi connectivity index (χ3n) is 3.71. The van der Waals surface area contributed by atoms with E-state index < -0.39 is 5.67 Å². The van der Waals surface area contributed by atoms with E-state index in [4.69, 9.17) is 15.2 Å². The molecule has 100 valence electrons. The van der Waals surface area contributed by atoms with E-state index in [1.807, 2.05) is 0 Å². The van der Waals surface area contributed by atoms with Gasteiger partial charge in [-0.25, -0.2) is 4.39 Å². The Morgan fingerprint density at radius 3 is 2.44 bits per heavy atom. The lowest BCUT2D eigenvalue weighted by Gasteiger charge is -2.33. The molecule has 1 aliphatic carbocycles. The van der Waals surface area contributed by atoms with Crippen LogP contribution in [0.25, 0.3) is 0 Å². The topological polar surface area (TPSA) is 44.5 Å². The Bertz CT molecular complexity index is 414. The summed E-state index contributed by atoms with van der Waals surface area (Å²) in [6.45, 7) is 0. The molecule has 0 bridgehead atoms. The van der Waals surface area contributed by atoms with Crippen molar-refractivity contribution in [2.45, 2.75) is 37.4 Å². The van der Waals surface area contributed by atoms with E-state index in [0.717, 1.165) is 0 Å². The minimum absolute atomic E-state index is 0.116. The van der Waals surface area contributed by atoms with Gasteiger partial charge in [0.25, 0.3) is 0 Å². The van der Waals surface area contributed by atoms with Crippen molar-refractivity contribution in [3.63, 3.8) is 0 Å². The smallest absolute Gasteiger partial charge is 0.139 e. The standard InChI is InChI=1S/C14H20FNO2/c1-17-11-3-4-13(18-2)12(9-11)14(15)7-5-10(16)6-8-14/h3-4,9-10H,5-8,16H2,1-2H3. The number of methoxy groups -OCH3 is 2. The van der Waals surface area contributed by atoms with Gasteiger partial charge >= 0.3 is 0 Å². The normalized spacial score (nSPS) is 27.9. The van der Waals surface area contributed by atoms with Gasteiger partial charge in [-0.3, -0.25) is 0 Å². The van der Waals surface area contributed by atoms with Crippen molar-refractivity contribution in [1.29, 1.82) is 0 Å². The van der Waals surface area contributed by atoms with Crippen LogP contribution in [0.3, 0.4) is 0 Å². The zero-order valence-electron chi connectivity index (χ0n) is 10.9. The number of ether oxygens (including phenoxy) is 2. The fraction of sp³-hybridized carbons (Fsp3) is 0.571. The zero-order valence-corrected chi connectivity index (χ0v) is 10.9. The molecule has 0 aliphatic heterocycles. The van der Waals surface area contributed by atoms with Crippen LogP contribution in [-0.2, 0) is 5.67 Å². The number of alkyl halides is 1.